The number of hydrogen-bond donors (Lipinski definition) is 0. The molecule has 0 amide bonds. The van der Waals surface area contributed by atoms with Crippen LogP contribution in [0.4, 0.5) is 0 Å². The van der Waals surface area contributed by atoms with Crippen molar-refractivity contribution in [2.75, 3.05) is 0 Å². The highest BCUT2D eigenvalue weighted by Gasteiger charge is 2.32. The molecule has 0 N–H and O–H groups in total. The number of nitrogens with zero attached hydrogens (tertiary/aromatic N) is 4. The van der Waals surface area contributed by atoms with E-state index in [0.29, 0.717) is 0 Å². The molecule has 0 aliphatic heterocycles. The summed E-state index contributed by atoms with van der Waals surface area (Å²) in [7, 11) is 0. The molecular weight excluding hydrogens is 284 g/mol. The molecule has 0 fully saturated rings. The molecule has 1 heterocycles. The third-order valence-electron chi connectivity index (χ3n) is 4.68. The Kier molecular flexibility index (Phi) is 2.58. The molecular formula is C19H14N4. The van der Waals surface area contributed by atoms with Crippen LogP contribution < -0.4 is 0 Å². The van der Waals surface area contributed by atoms with E-state index in [-0.39, 0.29) is 5.92 Å². The van der Waals surface area contributed by atoms with Gasteiger partial charge < -0.3 is 0 Å². The summed E-state index contributed by atoms with van der Waals surface area (Å²) >= 11 is 0. The van der Waals surface area contributed by atoms with E-state index in [1.54, 1.807) is 11.0 Å². The van der Waals surface area contributed by atoms with Crippen LogP contribution in [0.25, 0.3) is 17.8 Å². The maximum Gasteiger partial charge on any atom is 0.143 e. The molecule has 1 unspecified atom stereocenters. The monoisotopic (exact) mass is 298 g/mol. The van der Waals surface area contributed by atoms with Crippen LogP contribution in [0.15, 0.2) is 60.4 Å². The van der Waals surface area contributed by atoms with Crippen molar-refractivity contribution in [1.29, 1.82) is 0 Å². The van der Waals surface area contributed by atoms with E-state index in [2.05, 4.69) is 76.2 Å². The van der Waals surface area contributed by atoms with Crippen molar-refractivity contribution in [2.24, 2.45) is 0 Å². The second kappa shape index (κ2) is 4.74. The van der Waals surface area contributed by atoms with Crippen LogP contribution >= 0.6 is 0 Å². The smallest absolute Gasteiger partial charge is 0.143 e. The number of aromatic nitrogens is 4. The van der Waals surface area contributed by atoms with Gasteiger partial charge in [-0.1, -0.05) is 60.2 Å². The van der Waals surface area contributed by atoms with Crippen LogP contribution in [-0.2, 0) is 6.42 Å². The maximum absolute atomic E-state index is 4.11. The molecule has 5 rings (SSSR count). The van der Waals surface area contributed by atoms with E-state index in [1.165, 1.54) is 27.8 Å². The first-order valence-electron chi connectivity index (χ1n) is 7.72. The second-order valence-electron chi connectivity index (χ2n) is 5.98. The Hall–Kier alpha value is -3.01. The first-order chi connectivity index (χ1) is 11.4. The molecule has 0 spiro atoms. The van der Waals surface area contributed by atoms with Gasteiger partial charge in [0.25, 0.3) is 0 Å². The quantitative estimate of drug-likeness (QED) is 0.728. The highest BCUT2D eigenvalue weighted by Crippen LogP contribution is 2.46. The van der Waals surface area contributed by atoms with Gasteiger partial charge in [0.05, 0.1) is 5.70 Å². The van der Waals surface area contributed by atoms with Crippen molar-refractivity contribution in [3.05, 3.63) is 82.7 Å². The van der Waals surface area contributed by atoms with Gasteiger partial charge >= 0.3 is 0 Å². The molecule has 0 saturated carbocycles. The zero-order valence-electron chi connectivity index (χ0n) is 12.4. The minimum atomic E-state index is 0.210. The number of rotatable bonds is 2. The number of allylic oxidation sites excluding steroid dienone is 2. The predicted octanol–water partition coefficient (Wildman–Crippen LogP) is 3.41. The summed E-state index contributed by atoms with van der Waals surface area (Å²) in [4.78, 5) is 0. The van der Waals surface area contributed by atoms with Crippen LogP contribution in [0.5, 0.6) is 0 Å². The fourth-order valence-corrected chi connectivity index (χ4v) is 3.67. The van der Waals surface area contributed by atoms with Gasteiger partial charge in [0.15, 0.2) is 0 Å². The van der Waals surface area contributed by atoms with E-state index >= 15 is 0 Å². The summed E-state index contributed by atoms with van der Waals surface area (Å²) in [5.41, 5.74) is 7.82. The Morgan fingerprint density at radius 2 is 1.74 bits per heavy atom. The first kappa shape index (κ1) is 12.5. The molecule has 0 saturated heterocycles. The summed E-state index contributed by atoms with van der Waals surface area (Å²) in [6, 6.07) is 17.1. The molecule has 0 bridgehead atoms. The third-order valence-corrected chi connectivity index (χ3v) is 4.68. The molecule has 23 heavy (non-hydrogen) atoms. The van der Waals surface area contributed by atoms with Crippen molar-refractivity contribution < 1.29 is 0 Å². The maximum atomic E-state index is 4.11. The Morgan fingerprint density at radius 3 is 2.57 bits per heavy atom. The molecule has 1 aromatic heterocycles. The van der Waals surface area contributed by atoms with Crippen molar-refractivity contribution in [2.45, 2.75) is 12.3 Å². The van der Waals surface area contributed by atoms with Crippen molar-refractivity contribution in [3.8, 4) is 0 Å². The van der Waals surface area contributed by atoms with Crippen molar-refractivity contribution in [1.82, 2.24) is 20.2 Å². The minimum absolute atomic E-state index is 0.210. The number of benzene rings is 2. The van der Waals surface area contributed by atoms with Gasteiger partial charge in [-0.05, 0) is 45.2 Å². The Bertz CT molecular complexity index is 951. The SMILES string of the molecule is C1=C(C2C(n3cnnn3)=Cc3ccccc32)Cc2ccccc21. The molecule has 2 aromatic carbocycles. The van der Waals surface area contributed by atoms with Gasteiger partial charge in [0.1, 0.15) is 6.33 Å². The molecule has 0 radical (unpaired) electrons. The van der Waals surface area contributed by atoms with Gasteiger partial charge in [-0.25, -0.2) is 4.68 Å². The first-order valence-corrected chi connectivity index (χ1v) is 7.72. The molecule has 3 aromatic rings. The standard InChI is InChI=1S/C19H14N4/c1-2-6-14-10-16(9-13(14)5-1)19-17-8-4-3-7-15(17)11-18(19)23-12-20-21-22-23/h1-9,11-12,19H,10H2. The van der Waals surface area contributed by atoms with Crippen LogP contribution in [0.2, 0.25) is 0 Å². The normalized spacial score (nSPS) is 18.3. The van der Waals surface area contributed by atoms with Crippen molar-refractivity contribution in [3.63, 3.8) is 0 Å². The van der Waals surface area contributed by atoms with E-state index < -0.39 is 0 Å². The zero-order valence-corrected chi connectivity index (χ0v) is 12.4. The second-order valence-corrected chi connectivity index (χ2v) is 5.98. The lowest BCUT2D eigenvalue weighted by molar-refractivity contribution is 0.769. The van der Waals surface area contributed by atoms with Crippen LogP contribution in [0, 0.1) is 0 Å². The van der Waals surface area contributed by atoms with Gasteiger partial charge in [-0.2, -0.15) is 0 Å². The van der Waals surface area contributed by atoms with Gasteiger partial charge in [-0.15, -0.1) is 5.10 Å². The number of hydrogen-bond acceptors (Lipinski definition) is 3. The Morgan fingerprint density at radius 1 is 0.913 bits per heavy atom. The van der Waals surface area contributed by atoms with Gasteiger partial charge in [0, 0.05) is 5.92 Å². The summed E-state index contributed by atoms with van der Waals surface area (Å²) < 4.78 is 1.79. The average Bonchev–Trinajstić information content (AvgIpc) is 3.31. The van der Waals surface area contributed by atoms with Crippen LogP contribution in [-0.4, -0.2) is 20.2 Å². The molecule has 2 aliphatic carbocycles. The van der Waals surface area contributed by atoms with E-state index in [0.717, 1.165) is 12.1 Å². The minimum Gasteiger partial charge on any atom is -0.204 e. The fraction of sp³-hybridized carbons (Fsp3) is 0.105. The summed E-state index contributed by atoms with van der Waals surface area (Å²) in [5.74, 6) is 0.210. The molecule has 2 aliphatic rings. The number of fused-ring (bicyclic) bond motifs is 2. The fourth-order valence-electron chi connectivity index (χ4n) is 3.67. The average molecular weight is 298 g/mol. The Labute approximate surface area is 133 Å². The lowest BCUT2D eigenvalue weighted by atomic mass is 9.90. The highest BCUT2D eigenvalue weighted by atomic mass is 15.5. The summed E-state index contributed by atoms with van der Waals surface area (Å²) in [5, 5.41) is 11.7. The highest BCUT2D eigenvalue weighted by molar-refractivity contribution is 5.87. The Balaban J connectivity index is 1.65. The molecule has 4 heteroatoms. The van der Waals surface area contributed by atoms with E-state index in [1.807, 2.05) is 0 Å². The van der Waals surface area contributed by atoms with Crippen LogP contribution in [0.3, 0.4) is 0 Å². The van der Waals surface area contributed by atoms with Gasteiger partial charge in [-0.3, -0.25) is 0 Å². The molecule has 1 atom stereocenters. The zero-order chi connectivity index (χ0) is 15.2. The third kappa shape index (κ3) is 1.88. The largest absolute Gasteiger partial charge is 0.204 e. The van der Waals surface area contributed by atoms with E-state index in [9.17, 15) is 0 Å². The topological polar surface area (TPSA) is 43.6 Å². The predicted molar refractivity (Wildman–Crippen MR) is 89.3 cm³/mol. The summed E-state index contributed by atoms with van der Waals surface area (Å²) in [6.45, 7) is 0. The lowest BCUT2D eigenvalue weighted by Crippen LogP contribution is -2.08. The number of tetrazole rings is 1. The van der Waals surface area contributed by atoms with Crippen molar-refractivity contribution >= 4 is 17.8 Å². The summed E-state index contributed by atoms with van der Waals surface area (Å²) in [6.07, 6.45) is 7.17. The van der Waals surface area contributed by atoms with Gasteiger partial charge in [0.2, 0.25) is 0 Å². The van der Waals surface area contributed by atoms with E-state index in [4.69, 9.17) is 0 Å². The molecule has 4 nitrogen and oxygen atoms in total. The molecule has 110 valence electrons. The van der Waals surface area contributed by atoms with Crippen LogP contribution in [0.1, 0.15) is 28.2 Å². The lowest BCUT2D eigenvalue weighted by Gasteiger charge is -2.17.